The van der Waals surface area contributed by atoms with Crippen LogP contribution in [0, 0.1) is 0 Å². The lowest BCUT2D eigenvalue weighted by atomic mass is 9.98. The number of nitrogens with two attached hydrogens (primary N) is 1. The predicted molar refractivity (Wildman–Crippen MR) is 66.6 cm³/mol. The van der Waals surface area contributed by atoms with Gasteiger partial charge in [0.1, 0.15) is 0 Å². The molecule has 1 unspecified atom stereocenters. The van der Waals surface area contributed by atoms with Gasteiger partial charge in [0, 0.05) is 17.8 Å². The van der Waals surface area contributed by atoms with E-state index < -0.39 is 0 Å². The second kappa shape index (κ2) is 4.88. The summed E-state index contributed by atoms with van der Waals surface area (Å²) in [6.07, 6.45) is 6.33. The number of rotatable bonds is 4. The summed E-state index contributed by atoms with van der Waals surface area (Å²) in [6, 6.07) is 8.26. The minimum Gasteiger partial charge on any atom is -0.271 e. The number of pyridine rings is 1. The van der Waals surface area contributed by atoms with E-state index >= 15 is 0 Å². The minimum absolute atomic E-state index is 0.0883. The van der Waals surface area contributed by atoms with Crippen LogP contribution in [0.3, 0.4) is 0 Å². The lowest BCUT2D eigenvalue weighted by Crippen LogP contribution is -2.27. The molecule has 0 radical (unpaired) electrons. The quantitative estimate of drug-likeness (QED) is 0.465. The van der Waals surface area contributed by atoms with Gasteiger partial charge in [-0.2, -0.15) is 0 Å². The standard InChI is InChI=1S/C13H15N3/c1-2-4-13(16-14)11-6-3-5-10-7-8-15-9-12(10)11/h2-3,5-9,13,16H,1,4,14H2. The second-order valence-electron chi connectivity index (χ2n) is 3.69. The number of nitrogens with one attached hydrogen (secondary N) is 1. The lowest BCUT2D eigenvalue weighted by Gasteiger charge is -2.16. The second-order valence-corrected chi connectivity index (χ2v) is 3.69. The van der Waals surface area contributed by atoms with Crippen molar-refractivity contribution in [2.24, 2.45) is 5.84 Å². The molecule has 82 valence electrons. The summed E-state index contributed by atoms with van der Waals surface area (Å²) >= 11 is 0. The monoisotopic (exact) mass is 213 g/mol. The lowest BCUT2D eigenvalue weighted by molar-refractivity contribution is 0.565. The Morgan fingerprint density at radius 3 is 3.06 bits per heavy atom. The topological polar surface area (TPSA) is 50.9 Å². The average Bonchev–Trinajstić information content (AvgIpc) is 2.35. The number of hydrazine groups is 1. The molecule has 0 amide bonds. The van der Waals surface area contributed by atoms with Gasteiger partial charge >= 0.3 is 0 Å². The Labute approximate surface area is 95.0 Å². The summed E-state index contributed by atoms with van der Waals surface area (Å²) in [7, 11) is 0. The molecule has 2 rings (SSSR count). The largest absolute Gasteiger partial charge is 0.271 e. The fourth-order valence-electron chi connectivity index (χ4n) is 1.89. The van der Waals surface area contributed by atoms with E-state index in [4.69, 9.17) is 5.84 Å². The summed E-state index contributed by atoms with van der Waals surface area (Å²) in [5.41, 5.74) is 3.97. The van der Waals surface area contributed by atoms with Crippen LogP contribution in [-0.2, 0) is 0 Å². The molecule has 3 nitrogen and oxygen atoms in total. The maximum atomic E-state index is 5.56. The van der Waals surface area contributed by atoms with Crippen molar-refractivity contribution in [3.8, 4) is 0 Å². The van der Waals surface area contributed by atoms with Gasteiger partial charge in [-0.1, -0.05) is 24.3 Å². The Morgan fingerprint density at radius 2 is 2.31 bits per heavy atom. The highest BCUT2D eigenvalue weighted by atomic mass is 15.2. The van der Waals surface area contributed by atoms with Crippen LogP contribution >= 0.6 is 0 Å². The van der Waals surface area contributed by atoms with Gasteiger partial charge in [0.15, 0.2) is 0 Å². The zero-order valence-corrected chi connectivity index (χ0v) is 9.06. The molecular weight excluding hydrogens is 198 g/mol. The van der Waals surface area contributed by atoms with E-state index in [0.29, 0.717) is 0 Å². The first-order valence-electron chi connectivity index (χ1n) is 5.26. The molecule has 0 saturated heterocycles. The van der Waals surface area contributed by atoms with Gasteiger partial charge in [0.25, 0.3) is 0 Å². The molecular formula is C13H15N3. The summed E-state index contributed by atoms with van der Waals surface area (Å²) in [5.74, 6) is 5.56. The van der Waals surface area contributed by atoms with Crippen molar-refractivity contribution in [2.45, 2.75) is 12.5 Å². The van der Waals surface area contributed by atoms with Crippen LogP contribution in [0.5, 0.6) is 0 Å². The van der Waals surface area contributed by atoms with Crippen LogP contribution in [0.4, 0.5) is 0 Å². The first-order chi connectivity index (χ1) is 7.86. The van der Waals surface area contributed by atoms with Crippen molar-refractivity contribution in [3.63, 3.8) is 0 Å². The number of aromatic nitrogens is 1. The van der Waals surface area contributed by atoms with Crippen molar-refractivity contribution in [1.29, 1.82) is 0 Å². The van der Waals surface area contributed by atoms with E-state index in [-0.39, 0.29) is 6.04 Å². The van der Waals surface area contributed by atoms with Gasteiger partial charge in [-0.25, -0.2) is 0 Å². The Kier molecular flexibility index (Phi) is 3.29. The first-order valence-corrected chi connectivity index (χ1v) is 5.26. The highest BCUT2D eigenvalue weighted by molar-refractivity contribution is 5.85. The molecule has 0 bridgehead atoms. The molecule has 0 aliphatic heterocycles. The number of nitrogens with zero attached hydrogens (tertiary/aromatic N) is 1. The van der Waals surface area contributed by atoms with Crippen molar-refractivity contribution in [1.82, 2.24) is 10.4 Å². The Hall–Kier alpha value is -1.71. The van der Waals surface area contributed by atoms with E-state index in [2.05, 4.69) is 29.1 Å². The molecule has 1 atom stereocenters. The zero-order valence-electron chi connectivity index (χ0n) is 9.06. The van der Waals surface area contributed by atoms with Gasteiger partial charge in [-0.05, 0) is 23.4 Å². The van der Waals surface area contributed by atoms with Crippen LogP contribution in [-0.4, -0.2) is 4.98 Å². The summed E-state index contributed by atoms with van der Waals surface area (Å²) in [4.78, 5) is 4.16. The summed E-state index contributed by atoms with van der Waals surface area (Å²) in [6.45, 7) is 3.74. The van der Waals surface area contributed by atoms with E-state index in [9.17, 15) is 0 Å². The molecule has 1 heterocycles. The van der Waals surface area contributed by atoms with Crippen LogP contribution in [0.25, 0.3) is 10.8 Å². The van der Waals surface area contributed by atoms with Gasteiger partial charge < -0.3 is 0 Å². The number of hydrogen-bond donors (Lipinski definition) is 2. The third-order valence-corrected chi connectivity index (χ3v) is 2.70. The smallest absolute Gasteiger partial charge is 0.0500 e. The number of hydrogen-bond acceptors (Lipinski definition) is 3. The summed E-state index contributed by atoms with van der Waals surface area (Å²) < 4.78 is 0. The molecule has 0 aliphatic carbocycles. The molecule has 1 aromatic carbocycles. The molecule has 0 saturated carbocycles. The van der Waals surface area contributed by atoms with E-state index in [1.807, 2.05) is 24.4 Å². The van der Waals surface area contributed by atoms with E-state index in [1.165, 1.54) is 5.39 Å². The fraction of sp³-hybridized carbons (Fsp3) is 0.154. The van der Waals surface area contributed by atoms with E-state index in [0.717, 1.165) is 17.4 Å². The van der Waals surface area contributed by atoms with Gasteiger partial charge in [-0.15, -0.1) is 6.58 Å². The number of fused-ring (bicyclic) bond motifs is 1. The van der Waals surface area contributed by atoms with Crippen LogP contribution < -0.4 is 11.3 Å². The Balaban J connectivity index is 2.54. The van der Waals surface area contributed by atoms with Gasteiger partial charge in [0.05, 0.1) is 6.04 Å². The van der Waals surface area contributed by atoms with Crippen molar-refractivity contribution in [3.05, 3.63) is 54.9 Å². The molecule has 2 aromatic rings. The van der Waals surface area contributed by atoms with Crippen molar-refractivity contribution in [2.75, 3.05) is 0 Å². The highest BCUT2D eigenvalue weighted by Gasteiger charge is 2.10. The fourth-order valence-corrected chi connectivity index (χ4v) is 1.89. The predicted octanol–water partition coefficient (Wildman–Crippen LogP) is 2.32. The zero-order chi connectivity index (χ0) is 11.4. The molecule has 0 aliphatic rings. The summed E-state index contributed by atoms with van der Waals surface area (Å²) in [5, 5.41) is 2.31. The molecule has 3 N–H and O–H groups in total. The maximum absolute atomic E-state index is 5.56. The van der Waals surface area contributed by atoms with Crippen molar-refractivity contribution >= 4 is 10.8 Å². The van der Waals surface area contributed by atoms with Crippen LogP contribution in [0.15, 0.2) is 49.3 Å². The molecule has 16 heavy (non-hydrogen) atoms. The SMILES string of the molecule is C=CCC(NN)c1cccc2ccncc12. The molecule has 1 aromatic heterocycles. The molecule has 3 heteroatoms. The minimum atomic E-state index is 0.0883. The van der Waals surface area contributed by atoms with Crippen molar-refractivity contribution < 1.29 is 0 Å². The highest BCUT2D eigenvalue weighted by Crippen LogP contribution is 2.25. The normalized spacial score (nSPS) is 12.6. The Bertz CT molecular complexity index is 488. The third-order valence-electron chi connectivity index (χ3n) is 2.70. The van der Waals surface area contributed by atoms with E-state index in [1.54, 1.807) is 6.20 Å². The van der Waals surface area contributed by atoms with Crippen LogP contribution in [0.1, 0.15) is 18.0 Å². The van der Waals surface area contributed by atoms with Crippen LogP contribution in [0.2, 0.25) is 0 Å². The first kappa shape index (κ1) is 10.8. The van der Waals surface area contributed by atoms with Gasteiger partial charge in [-0.3, -0.25) is 16.3 Å². The molecule has 0 spiro atoms. The maximum Gasteiger partial charge on any atom is 0.0500 e. The third kappa shape index (κ3) is 1.96. The number of benzene rings is 1. The Morgan fingerprint density at radius 1 is 1.44 bits per heavy atom. The average molecular weight is 213 g/mol. The van der Waals surface area contributed by atoms with Gasteiger partial charge in [0.2, 0.25) is 0 Å². The molecule has 0 fully saturated rings.